The molecule has 8 nitrogen and oxygen atoms in total. The first kappa shape index (κ1) is 25.3. The van der Waals surface area contributed by atoms with Gasteiger partial charge in [-0.05, 0) is 67.4 Å². The first-order chi connectivity index (χ1) is 17.2. The Bertz CT molecular complexity index is 1600. The first-order valence-corrected chi connectivity index (χ1v) is 13.5. The third-order valence-electron chi connectivity index (χ3n) is 5.58. The van der Waals surface area contributed by atoms with E-state index in [9.17, 15) is 18.0 Å². The predicted molar refractivity (Wildman–Crippen MR) is 140 cm³/mol. The second kappa shape index (κ2) is 10.5. The fourth-order valence-electron chi connectivity index (χ4n) is 3.53. The molecule has 0 atom stereocenters. The largest absolute Gasteiger partial charge is 0.468 e. The minimum atomic E-state index is -3.76. The number of aryl methyl sites for hydroxylation is 2. The van der Waals surface area contributed by atoms with Crippen LogP contribution < -0.4 is 9.52 Å². The van der Waals surface area contributed by atoms with Crippen LogP contribution in [-0.4, -0.2) is 32.0 Å². The number of rotatable bonds is 7. The zero-order chi connectivity index (χ0) is 25.9. The van der Waals surface area contributed by atoms with E-state index in [1.807, 2.05) is 25.1 Å². The Labute approximate surface area is 212 Å². The normalized spacial score (nSPS) is 12.0. The zero-order valence-corrected chi connectivity index (χ0v) is 21.7. The topological polar surface area (TPSA) is 107 Å². The smallest absolute Gasteiger partial charge is 0.325 e. The summed E-state index contributed by atoms with van der Waals surface area (Å²) in [5.41, 5.74) is 3.48. The molecule has 0 saturated carbocycles. The standard InChI is InChI=1S/C26H25N3O5S2/c1-4-18-7-14-22-23(15-18)35-26(29(22)16-24(30)34-3)27-25(31)19-8-10-20(11-9-19)28-36(32,33)21-12-5-17(2)6-13-21/h5-15,28H,4,16H2,1-3H3. The minimum absolute atomic E-state index is 0.0756. The van der Waals surface area contributed by atoms with Gasteiger partial charge < -0.3 is 9.30 Å². The third kappa shape index (κ3) is 5.55. The SMILES string of the molecule is CCc1ccc2c(c1)sc(=NC(=O)c1ccc(NS(=O)(=O)c3ccc(C)cc3)cc1)n2CC(=O)OC. The maximum atomic E-state index is 12.9. The van der Waals surface area contributed by atoms with Crippen LogP contribution in [0.4, 0.5) is 5.69 Å². The first-order valence-electron chi connectivity index (χ1n) is 11.2. The minimum Gasteiger partial charge on any atom is -0.468 e. The molecule has 0 aliphatic carbocycles. The van der Waals surface area contributed by atoms with Gasteiger partial charge in [0, 0.05) is 11.3 Å². The Morgan fingerprint density at radius 3 is 2.36 bits per heavy atom. The molecule has 1 heterocycles. The van der Waals surface area contributed by atoms with E-state index in [0.29, 0.717) is 10.5 Å². The highest BCUT2D eigenvalue weighted by Crippen LogP contribution is 2.21. The average molecular weight is 524 g/mol. The van der Waals surface area contributed by atoms with Gasteiger partial charge in [0.2, 0.25) is 0 Å². The van der Waals surface area contributed by atoms with Crippen LogP contribution in [0.3, 0.4) is 0 Å². The molecule has 0 aliphatic heterocycles. The monoisotopic (exact) mass is 523 g/mol. The van der Waals surface area contributed by atoms with Gasteiger partial charge in [0.25, 0.3) is 15.9 Å². The number of ether oxygens (including phenoxy) is 1. The van der Waals surface area contributed by atoms with E-state index in [1.165, 1.54) is 54.8 Å². The number of carbonyl (C=O) groups excluding carboxylic acids is 2. The average Bonchev–Trinajstić information content (AvgIpc) is 3.19. The number of carbonyl (C=O) groups is 2. The molecule has 186 valence electrons. The zero-order valence-electron chi connectivity index (χ0n) is 20.0. The van der Waals surface area contributed by atoms with Crippen molar-refractivity contribution in [3.05, 3.63) is 88.2 Å². The number of sulfonamides is 1. The number of anilines is 1. The number of fused-ring (bicyclic) bond motifs is 1. The predicted octanol–water partition coefficient (Wildman–Crippen LogP) is 4.29. The van der Waals surface area contributed by atoms with Crippen molar-refractivity contribution in [1.82, 2.24) is 4.57 Å². The number of hydrogen-bond donors (Lipinski definition) is 1. The fourth-order valence-corrected chi connectivity index (χ4v) is 5.68. The Morgan fingerprint density at radius 2 is 1.72 bits per heavy atom. The molecule has 1 amide bonds. The van der Waals surface area contributed by atoms with Crippen molar-refractivity contribution in [2.75, 3.05) is 11.8 Å². The summed E-state index contributed by atoms with van der Waals surface area (Å²) in [6.07, 6.45) is 0.857. The molecule has 1 N–H and O–H groups in total. The summed E-state index contributed by atoms with van der Waals surface area (Å²) < 4.78 is 35.1. The van der Waals surface area contributed by atoms with Gasteiger partial charge in [-0.2, -0.15) is 4.99 Å². The van der Waals surface area contributed by atoms with Crippen molar-refractivity contribution >= 4 is 49.1 Å². The van der Waals surface area contributed by atoms with Crippen LogP contribution >= 0.6 is 11.3 Å². The number of aromatic nitrogens is 1. The molecular formula is C26H25N3O5S2. The second-order valence-electron chi connectivity index (χ2n) is 8.12. The maximum absolute atomic E-state index is 12.9. The number of hydrogen-bond acceptors (Lipinski definition) is 6. The van der Waals surface area contributed by atoms with Crippen molar-refractivity contribution in [3.63, 3.8) is 0 Å². The number of amides is 1. The second-order valence-corrected chi connectivity index (χ2v) is 10.8. The molecule has 3 aromatic carbocycles. The molecular weight excluding hydrogens is 498 g/mol. The van der Waals surface area contributed by atoms with Crippen molar-refractivity contribution in [2.24, 2.45) is 4.99 Å². The summed E-state index contributed by atoms with van der Waals surface area (Å²) in [6.45, 7) is 3.85. The molecule has 4 aromatic rings. The lowest BCUT2D eigenvalue weighted by Gasteiger charge is -2.08. The number of benzene rings is 3. The number of nitrogens with one attached hydrogen (secondary N) is 1. The van der Waals surface area contributed by atoms with Gasteiger partial charge in [-0.15, -0.1) is 0 Å². The van der Waals surface area contributed by atoms with Crippen LogP contribution in [0.1, 0.15) is 28.4 Å². The number of esters is 1. The van der Waals surface area contributed by atoms with E-state index in [-0.39, 0.29) is 17.0 Å². The van der Waals surface area contributed by atoms with Crippen LogP contribution in [0.2, 0.25) is 0 Å². The Morgan fingerprint density at radius 1 is 1.03 bits per heavy atom. The van der Waals surface area contributed by atoms with E-state index in [0.717, 1.165) is 27.8 Å². The maximum Gasteiger partial charge on any atom is 0.325 e. The van der Waals surface area contributed by atoms with Crippen molar-refractivity contribution < 1.29 is 22.7 Å². The van der Waals surface area contributed by atoms with Crippen molar-refractivity contribution in [2.45, 2.75) is 31.7 Å². The van der Waals surface area contributed by atoms with E-state index >= 15 is 0 Å². The lowest BCUT2D eigenvalue weighted by molar-refractivity contribution is -0.141. The van der Waals surface area contributed by atoms with E-state index in [4.69, 9.17) is 4.74 Å². The molecule has 0 spiro atoms. The van der Waals surface area contributed by atoms with Gasteiger partial charge in [0.05, 0.1) is 22.2 Å². The summed E-state index contributed by atoms with van der Waals surface area (Å²) in [4.78, 5) is 29.7. The lowest BCUT2D eigenvalue weighted by atomic mass is 10.2. The molecule has 1 aromatic heterocycles. The summed E-state index contributed by atoms with van der Waals surface area (Å²) in [7, 11) is -2.45. The van der Waals surface area contributed by atoms with Gasteiger partial charge in [0.15, 0.2) is 4.80 Å². The quantitative estimate of drug-likeness (QED) is 0.364. The molecule has 0 fully saturated rings. The molecule has 0 saturated heterocycles. The molecule has 36 heavy (non-hydrogen) atoms. The van der Waals surface area contributed by atoms with Gasteiger partial charge in [-0.1, -0.05) is 42.0 Å². The summed E-state index contributed by atoms with van der Waals surface area (Å²) in [5.74, 6) is -0.961. The Hall–Kier alpha value is -3.76. The fraction of sp³-hybridized carbons (Fsp3) is 0.192. The van der Waals surface area contributed by atoms with Crippen LogP contribution in [0.15, 0.2) is 76.6 Å². The molecule has 0 unspecified atom stereocenters. The van der Waals surface area contributed by atoms with Crippen LogP contribution in [0.25, 0.3) is 10.2 Å². The highest BCUT2D eigenvalue weighted by molar-refractivity contribution is 7.92. The van der Waals surface area contributed by atoms with E-state index in [1.54, 1.807) is 16.7 Å². The number of nitrogens with zero attached hydrogens (tertiary/aromatic N) is 2. The highest BCUT2D eigenvalue weighted by atomic mass is 32.2. The molecule has 10 heteroatoms. The van der Waals surface area contributed by atoms with E-state index in [2.05, 4.69) is 16.6 Å². The third-order valence-corrected chi connectivity index (χ3v) is 8.02. The number of thiazole rings is 1. The molecule has 0 radical (unpaired) electrons. The summed E-state index contributed by atoms with van der Waals surface area (Å²) >= 11 is 1.31. The van der Waals surface area contributed by atoms with Gasteiger partial charge in [-0.25, -0.2) is 8.42 Å². The van der Waals surface area contributed by atoms with Crippen LogP contribution in [0.5, 0.6) is 0 Å². The summed E-state index contributed by atoms with van der Waals surface area (Å²) in [6, 6.07) is 18.5. The van der Waals surface area contributed by atoms with Crippen LogP contribution in [0, 0.1) is 6.92 Å². The Balaban J connectivity index is 1.62. The van der Waals surface area contributed by atoms with Crippen molar-refractivity contribution in [3.8, 4) is 0 Å². The van der Waals surface area contributed by atoms with Gasteiger partial charge in [-0.3, -0.25) is 14.3 Å². The van der Waals surface area contributed by atoms with Crippen molar-refractivity contribution in [1.29, 1.82) is 0 Å². The highest BCUT2D eigenvalue weighted by Gasteiger charge is 2.15. The van der Waals surface area contributed by atoms with Crippen LogP contribution in [-0.2, 0) is 32.5 Å². The molecule has 0 bridgehead atoms. The summed E-state index contributed by atoms with van der Waals surface area (Å²) in [5, 5.41) is 0. The van der Waals surface area contributed by atoms with E-state index < -0.39 is 21.9 Å². The molecule has 0 aliphatic rings. The van der Waals surface area contributed by atoms with Gasteiger partial charge >= 0.3 is 5.97 Å². The van der Waals surface area contributed by atoms with Gasteiger partial charge in [0.1, 0.15) is 6.54 Å². The Kier molecular flexibility index (Phi) is 7.37. The number of methoxy groups -OCH3 is 1. The molecule has 4 rings (SSSR count). The lowest BCUT2D eigenvalue weighted by Crippen LogP contribution is -2.22.